The van der Waals surface area contributed by atoms with Crippen molar-refractivity contribution in [2.75, 3.05) is 32.2 Å². The van der Waals surface area contributed by atoms with Crippen molar-refractivity contribution in [3.8, 4) is 5.75 Å². The topological polar surface area (TPSA) is 107 Å². The quantitative estimate of drug-likeness (QED) is 0.792. The van der Waals surface area contributed by atoms with Crippen LogP contribution in [-0.4, -0.2) is 55.1 Å². The Bertz CT molecular complexity index is 1020. The van der Waals surface area contributed by atoms with E-state index in [9.17, 15) is 14.7 Å². The first-order valence-corrected chi connectivity index (χ1v) is 9.09. The van der Waals surface area contributed by atoms with Gasteiger partial charge in [0.15, 0.2) is 11.6 Å². The lowest BCUT2D eigenvalue weighted by atomic mass is 10.1. The van der Waals surface area contributed by atoms with Crippen molar-refractivity contribution in [1.29, 1.82) is 0 Å². The summed E-state index contributed by atoms with van der Waals surface area (Å²) < 4.78 is 27.8. The first-order valence-electron chi connectivity index (χ1n) is 9.09. The maximum atomic E-state index is 15.1. The smallest absolute Gasteiger partial charge is 0.341 e. The Morgan fingerprint density at radius 2 is 2.04 bits per heavy atom. The number of aromatic carboxylic acids is 1. The Balaban J connectivity index is 2.00. The van der Waals surface area contributed by atoms with Gasteiger partial charge in [-0.3, -0.25) is 4.79 Å². The maximum Gasteiger partial charge on any atom is 0.341 e. The molecule has 8 nitrogen and oxygen atoms in total. The number of methoxy groups -OCH3 is 2. The van der Waals surface area contributed by atoms with E-state index < -0.39 is 17.2 Å². The number of fused-ring (bicyclic) bond motifs is 1. The fraction of sp³-hybridized carbons (Fsp3) is 0.474. The first kappa shape index (κ1) is 18.7. The highest BCUT2D eigenvalue weighted by Gasteiger charge is 2.36. The Morgan fingerprint density at radius 1 is 1.32 bits per heavy atom. The second-order valence-electron chi connectivity index (χ2n) is 7.29. The maximum absolute atomic E-state index is 15.1. The molecule has 0 radical (unpaired) electrons. The van der Waals surface area contributed by atoms with Crippen LogP contribution in [0, 0.1) is 5.82 Å². The van der Waals surface area contributed by atoms with E-state index in [-0.39, 0.29) is 40.6 Å². The number of aromatic nitrogens is 1. The van der Waals surface area contributed by atoms with E-state index in [1.54, 1.807) is 16.6 Å². The SMILES string of the molecule is COc1c(N2C[C@@H](N)[C@H](OC)C2)c(F)cc2c(=O)c(C(=O)O)cn(C3CC3)c12. The zero-order chi connectivity index (χ0) is 20.2. The molecule has 2 aromatic rings. The number of hydrogen-bond donors (Lipinski definition) is 2. The normalized spacial score (nSPS) is 22.1. The largest absolute Gasteiger partial charge is 0.492 e. The lowest BCUT2D eigenvalue weighted by Crippen LogP contribution is -2.34. The van der Waals surface area contributed by atoms with Crippen LogP contribution in [0.3, 0.4) is 0 Å². The van der Waals surface area contributed by atoms with Crippen LogP contribution in [0.4, 0.5) is 10.1 Å². The second kappa shape index (κ2) is 6.75. The summed E-state index contributed by atoms with van der Waals surface area (Å²) in [7, 11) is 2.97. The first-order chi connectivity index (χ1) is 13.4. The fourth-order valence-corrected chi connectivity index (χ4v) is 3.96. The van der Waals surface area contributed by atoms with Gasteiger partial charge in [-0.2, -0.15) is 0 Å². The number of carboxylic acids is 1. The molecule has 1 aliphatic heterocycles. The molecule has 4 rings (SSSR count). The summed E-state index contributed by atoms with van der Waals surface area (Å²) in [5, 5.41) is 9.38. The van der Waals surface area contributed by atoms with Gasteiger partial charge in [-0.15, -0.1) is 0 Å². The molecule has 0 bridgehead atoms. The zero-order valence-corrected chi connectivity index (χ0v) is 15.6. The third kappa shape index (κ3) is 2.82. The molecule has 2 fully saturated rings. The lowest BCUT2D eigenvalue weighted by Gasteiger charge is -2.24. The van der Waals surface area contributed by atoms with Crippen LogP contribution in [0.25, 0.3) is 10.9 Å². The van der Waals surface area contributed by atoms with Gasteiger partial charge in [0, 0.05) is 32.4 Å². The minimum absolute atomic E-state index is 0.00307. The van der Waals surface area contributed by atoms with Gasteiger partial charge < -0.3 is 29.8 Å². The monoisotopic (exact) mass is 391 g/mol. The molecule has 28 heavy (non-hydrogen) atoms. The van der Waals surface area contributed by atoms with Crippen molar-refractivity contribution in [3.63, 3.8) is 0 Å². The average Bonchev–Trinajstić information content (AvgIpc) is 3.43. The molecule has 1 aliphatic carbocycles. The highest BCUT2D eigenvalue weighted by molar-refractivity contribution is 5.97. The number of benzene rings is 1. The summed E-state index contributed by atoms with van der Waals surface area (Å²) in [5.74, 6) is -1.78. The van der Waals surface area contributed by atoms with Crippen molar-refractivity contribution in [1.82, 2.24) is 4.57 Å². The average molecular weight is 391 g/mol. The summed E-state index contributed by atoms with van der Waals surface area (Å²) >= 11 is 0. The molecule has 2 atom stereocenters. The van der Waals surface area contributed by atoms with Gasteiger partial charge in [0.05, 0.1) is 30.2 Å². The van der Waals surface area contributed by atoms with Gasteiger partial charge in [0.25, 0.3) is 0 Å². The number of ether oxygens (including phenoxy) is 2. The highest BCUT2D eigenvalue weighted by atomic mass is 19.1. The van der Waals surface area contributed by atoms with E-state index >= 15 is 4.39 Å². The minimum atomic E-state index is -1.33. The van der Waals surface area contributed by atoms with E-state index in [4.69, 9.17) is 15.2 Å². The third-order valence-electron chi connectivity index (χ3n) is 5.50. The van der Waals surface area contributed by atoms with E-state index in [0.29, 0.717) is 18.6 Å². The highest BCUT2D eigenvalue weighted by Crippen LogP contribution is 2.44. The Kier molecular flexibility index (Phi) is 4.51. The van der Waals surface area contributed by atoms with Crippen molar-refractivity contribution in [2.24, 2.45) is 5.73 Å². The predicted octanol–water partition coefficient (Wildman–Crippen LogP) is 1.34. The number of rotatable bonds is 5. The molecular formula is C19H22FN3O5. The van der Waals surface area contributed by atoms with E-state index in [1.807, 2.05) is 0 Å². The molecule has 0 unspecified atom stereocenters. The third-order valence-corrected chi connectivity index (χ3v) is 5.50. The number of halogens is 1. The summed E-state index contributed by atoms with van der Waals surface area (Å²) in [5.41, 5.74) is 5.60. The van der Waals surface area contributed by atoms with Crippen molar-refractivity contribution >= 4 is 22.6 Å². The van der Waals surface area contributed by atoms with Crippen LogP contribution >= 0.6 is 0 Å². The molecule has 9 heteroatoms. The number of nitrogens with zero attached hydrogens (tertiary/aromatic N) is 2. The van der Waals surface area contributed by atoms with Gasteiger partial charge in [-0.1, -0.05) is 0 Å². The molecule has 2 heterocycles. The van der Waals surface area contributed by atoms with Crippen LogP contribution in [0.15, 0.2) is 17.1 Å². The standard InChI is InChI=1S/C19H22FN3O5/c1-27-14-8-22(7-13(14)21)16-12(20)5-10-15(18(16)28-2)23(9-3-4-9)6-11(17(10)24)19(25)26/h5-6,9,13-14H,3-4,7-8,21H2,1-2H3,(H,25,26)/t13-,14-/m1/s1. The predicted molar refractivity (Wildman–Crippen MR) is 101 cm³/mol. The molecule has 1 aromatic heterocycles. The van der Waals surface area contributed by atoms with Gasteiger partial charge in [0.2, 0.25) is 5.43 Å². The summed E-state index contributed by atoms with van der Waals surface area (Å²) in [6.45, 7) is 0.759. The van der Waals surface area contributed by atoms with Crippen LogP contribution in [0.5, 0.6) is 5.75 Å². The van der Waals surface area contributed by atoms with Crippen LogP contribution < -0.4 is 20.8 Å². The second-order valence-corrected chi connectivity index (χ2v) is 7.29. The summed E-state index contributed by atoms with van der Waals surface area (Å²) in [4.78, 5) is 26.0. The van der Waals surface area contributed by atoms with E-state index in [0.717, 1.165) is 18.9 Å². The number of hydrogen-bond acceptors (Lipinski definition) is 6. The van der Waals surface area contributed by atoms with Gasteiger partial charge in [-0.25, -0.2) is 9.18 Å². The lowest BCUT2D eigenvalue weighted by molar-refractivity contribution is 0.0694. The number of pyridine rings is 1. The van der Waals surface area contributed by atoms with Crippen molar-refractivity contribution in [3.05, 3.63) is 33.9 Å². The fourth-order valence-electron chi connectivity index (χ4n) is 3.96. The molecule has 3 N–H and O–H groups in total. The van der Waals surface area contributed by atoms with E-state index in [1.165, 1.54) is 13.3 Å². The van der Waals surface area contributed by atoms with Gasteiger partial charge in [0.1, 0.15) is 11.3 Å². The summed E-state index contributed by atoms with van der Waals surface area (Å²) in [6, 6.07) is 0.873. The molecule has 1 aromatic carbocycles. The number of anilines is 1. The molecule has 0 spiro atoms. The number of carboxylic acid groups (broad SMARTS) is 1. The van der Waals surface area contributed by atoms with Gasteiger partial charge >= 0.3 is 5.97 Å². The zero-order valence-electron chi connectivity index (χ0n) is 15.6. The molecule has 150 valence electrons. The Hall–Kier alpha value is -2.65. The van der Waals surface area contributed by atoms with Crippen LogP contribution in [0.2, 0.25) is 0 Å². The molecule has 2 aliphatic rings. The van der Waals surface area contributed by atoms with Crippen molar-refractivity contribution < 1.29 is 23.8 Å². The molecule has 0 amide bonds. The number of nitrogens with two attached hydrogens (primary N) is 1. The molecule has 1 saturated carbocycles. The minimum Gasteiger partial charge on any atom is -0.492 e. The van der Waals surface area contributed by atoms with Crippen molar-refractivity contribution in [2.45, 2.75) is 31.0 Å². The summed E-state index contributed by atoms with van der Waals surface area (Å²) in [6.07, 6.45) is 2.79. The van der Waals surface area contributed by atoms with Gasteiger partial charge in [-0.05, 0) is 18.9 Å². The Morgan fingerprint density at radius 3 is 2.57 bits per heavy atom. The van der Waals surface area contributed by atoms with E-state index in [2.05, 4.69) is 0 Å². The Labute approximate surface area is 160 Å². The molecule has 1 saturated heterocycles. The number of carbonyl (C=O) groups is 1. The van der Waals surface area contributed by atoms with Crippen LogP contribution in [-0.2, 0) is 4.74 Å². The molecular weight excluding hydrogens is 369 g/mol. The van der Waals surface area contributed by atoms with Crippen LogP contribution in [0.1, 0.15) is 29.2 Å².